The predicted molar refractivity (Wildman–Crippen MR) is 63.5 cm³/mol. The molecule has 0 aromatic rings. The molecule has 0 bridgehead atoms. The molecule has 0 radical (unpaired) electrons. The minimum absolute atomic E-state index is 0.0800. The van der Waals surface area contributed by atoms with Gasteiger partial charge in [-0.3, -0.25) is 19.8 Å². The molecule has 1 aliphatic rings. The van der Waals surface area contributed by atoms with Crippen LogP contribution in [0.3, 0.4) is 0 Å². The molecule has 0 saturated carbocycles. The van der Waals surface area contributed by atoms with Gasteiger partial charge in [-0.25, -0.2) is 4.79 Å². The Hall–Kier alpha value is -1.67. The number of imide groups is 1. The minimum atomic E-state index is -0.950. The maximum absolute atomic E-state index is 11.6. The molecule has 1 saturated heterocycles. The monoisotopic (exact) mass is 274 g/mol. The van der Waals surface area contributed by atoms with Crippen LogP contribution in [0.15, 0.2) is 0 Å². The number of nitrogens with zero attached hydrogens (tertiary/aromatic N) is 1. The highest BCUT2D eigenvalue weighted by molar-refractivity contribution is 5.92. The second-order valence-electron chi connectivity index (χ2n) is 4.15. The fourth-order valence-corrected chi connectivity index (χ4v) is 1.99. The highest BCUT2D eigenvalue weighted by Crippen LogP contribution is 2.19. The maximum atomic E-state index is 11.6. The van der Waals surface area contributed by atoms with Gasteiger partial charge in [0.1, 0.15) is 0 Å². The van der Waals surface area contributed by atoms with Crippen molar-refractivity contribution in [2.45, 2.75) is 13.0 Å². The third kappa shape index (κ3) is 4.18. The number of alkyl carbamates (subject to hydrolysis) is 1. The van der Waals surface area contributed by atoms with E-state index in [4.69, 9.17) is 9.84 Å². The summed E-state index contributed by atoms with van der Waals surface area (Å²) < 4.78 is 9.46. The molecule has 0 aliphatic carbocycles. The number of hydrogen-bond donors (Lipinski definition) is 2. The number of carbonyl (C=O) groups excluding carboxylic acids is 2. The van der Waals surface area contributed by atoms with Crippen LogP contribution in [0, 0.1) is 5.92 Å². The Balaban J connectivity index is 2.60. The van der Waals surface area contributed by atoms with Crippen LogP contribution in [0.1, 0.15) is 6.92 Å². The molecular formula is C11H18N2O6. The summed E-state index contributed by atoms with van der Waals surface area (Å²) in [5.74, 6) is -2.15. The standard InChI is InChI=1S/C11H18N2O6/c1-3-13(4-9(14)12-11(17)18-2)8-6-19-5-7(8)10(15)16/h7-8H,3-6H2,1-2H3,(H,15,16)(H,12,14,17). The number of aliphatic carboxylic acids is 1. The second-order valence-corrected chi connectivity index (χ2v) is 4.15. The summed E-state index contributed by atoms with van der Waals surface area (Å²) in [6, 6.07) is -0.370. The van der Waals surface area contributed by atoms with Crippen molar-refractivity contribution in [2.24, 2.45) is 5.92 Å². The molecule has 0 aromatic heterocycles. The molecule has 0 aromatic carbocycles. The number of hydrogen-bond acceptors (Lipinski definition) is 6. The van der Waals surface area contributed by atoms with E-state index in [1.165, 1.54) is 0 Å². The van der Waals surface area contributed by atoms with Crippen LogP contribution in [-0.4, -0.2) is 67.4 Å². The highest BCUT2D eigenvalue weighted by Gasteiger charge is 2.38. The Bertz CT molecular complexity index is 359. The van der Waals surface area contributed by atoms with Crippen molar-refractivity contribution in [3.8, 4) is 0 Å². The lowest BCUT2D eigenvalue weighted by Gasteiger charge is -2.28. The summed E-state index contributed by atoms with van der Waals surface area (Å²) in [4.78, 5) is 35.2. The van der Waals surface area contributed by atoms with Crippen molar-refractivity contribution in [1.29, 1.82) is 0 Å². The molecule has 8 nitrogen and oxygen atoms in total. The number of nitrogens with one attached hydrogen (secondary N) is 1. The molecule has 2 unspecified atom stereocenters. The molecule has 0 spiro atoms. The van der Waals surface area contributed by atoms with Gasteiger partial charge in [-0.05, 0) is 6.54 Å². The first-order valence-corrected chi connectivity index (χ1v) is 5.92. The summed E-state index contributed by atoms with van der Waals surface area (Å²) in [7, 11) is 1.16. The Morgan fingerprint density at radius 3 is 2.63 bits per heavy atom. The molecule has 2 amide bonds. The van der Waals surface area contributed by atoms with Gasteiger partial charge in [-0.15, -0.1) is 0 Å². The zero-order valence-corrected chi connectivity index (χ0v) is 10.9. The summed E-state index contributed by atoms with van der Waals surface area (Å²) >= 11 is 0. The minimum Gasteiger partial charge on any atom is -0.481 e. The normalized spacial score (nSPS) is 22.3. The summed E-state index contributed by atoms with van der Waals surface area (Å²) in [5, 5.41) is 11.1. The molecule has 2 N–H and O–H groups in total. The van der Waals surface area contributed by atoms with Crippen molar-refractivity contribution >= 4 is 18.0 Å². The van der Waals surface area contributed by atoms with Crippen LogP contribution < -0.4 is 5.32 Å². The van der Waals surface area contributed by atoms with Crippen LogP contribution in [0.25, 0.3) is 0 Å². The number of carboxylic acid groups (broad SMARTS) is 1. The molecule has 1 rings (SSSR count). The van der Waals surface area contributed by atoms with Gasteiger partial charge in [0.15, 0.2) is 0 Å². The van der Waals surface area contributed by atoms with Gasteiger partial charge < -0.3 is 14.6 Å². The molecule has 1 heterocycles. The van der Waals surface area contributed by atoms with Crippen LogP contribution in [0.2, 0.25) is 0 Å². The average molecular weight is 274 g/mol. The number of ether oxygens (including phenoxy) is 2. The zero-order chi connectivity index (χ0) is 14.4. The number of rotatable bonds is 5. The van der Waals surface area contributed by atoms with Gasteiger partial charge in [-0.2, -0.15) is 0 Å². The first-order valence-electron chi connectivity index (χ1n) is 5.92. The van der Waals surface area contributed by atoms with E-state index in [1.807, 2.05) is 12.2 Å². The Labute approximate surface area is 110 Å². The first-order chi connectivity index (χ1) is 8.99. The van der Waals surface area contributed by atoms with Gasteiger partial charge in [-0.1, -0.05) is 6.92 Å². The molecule has 19 heavy (non-hydrogen) atoms. The van der Waals surface area contributed by atoms with Crippen molar-refractivity contribution in [1.82, 2.24) is 10.2 Å². The second kappa shape index (κ2) is 7.05. The van der Waals surface area contributed by atoms with Crippen LogP contribution in [-0.2, 0) is 19.1 Å². The fourth-order valence-electron chi connectivity index (χ4n) is 1.99. The number of amides is 2. The third-order valence-corrected chi connectivity index (χ3v) is 3.02. The number of methoxy groups -OCH3 is 1. The number of carbonyl (C=O) groups is 3. The smallest absolute Gasteiger partial charge is 0.413 e. The molecule has 8 heteroatoms. The van der Waals surface area contributed by atoms with E-state index >= 15 is 0 Å². The van der Waals surface area contributed by atoms with E-state index in [-0.39, 0.29) is 25.8 Å². The first kappa shape index (κ1) is 15.4. The topological polar surface area (TPSA) is 105 Å². The lowest BCUT2D eigenvalue weighted by molar-refractivity contribution is -0.143. The van der Waals surface area contributed by atoms with E-state index in [0.29, 0.717) is 6.54 Å². The van der Waals surface area contributed by atoms with Crippen molar-refractivity contribution in [3.05, 3.63) is 0 Å². The predicted octanol–water partition coefficient (Wildman–Crippen LogP) is -0.709. The quantitative estimate of drug-likeness (QED) is 0.682. The van der Waals surface area contributed by atoms with Gasteiger partial charge in [0.2, 0.25) is 5.91 Å². The van der Waals surface area contributed by atoms with E-state index < -0.39 is 23.9 Å². The van der Waals surface area contributed by atoms with Gasteiger partial charge in [0.05, 0.1) is 32.8 Å². The summed E-state index contributed by atoms with van der Waals surface area (Å²) in [5.41, 5.74) is 0. The third-order valence-electron chi connectivity index (χ3n) is 3.02. The van der Waals surface area contributed by atoms with Gasteiger partial charge >= 0.3 is 12.1 Å². The van der Waals surface area contributed by atoms with Crippen molar-refractivity contribution in [3.63, 3.8) is 0 Å². The Morgan fingerprint density at radius 1 is 1.42 bits per heavy atom. The Morgan fingerprint density at radius 2 is 2.11 bits per heavy atom. The van der Waals surface area contributed by atoms with E-state index in [9.17, 15) is 14.4 Å². The summed E-state index contributed by atoms with van der Waals surface area (Å²) in [6.07, 6.45) is -0.835. The SMILES string of the molecule is CCN(CC(=O)NC(=O)OC)C1COCC1C(=O)O. The van der Waals surface area contributed by atoms with Crippen LogP contribution >= 0.6 is 0 Å². The lowest BCUT2D eigenvalue weighted by Crippen LogP contribution is -2.48. The van der Waals surface area contributed by atoms with Crippen LogP contribution in [0.5, 0.6) is 0 Å². The van der Waals surface area contributed by atoms with Crippen LogP contribution in [0.4, 0.5) is 4.79 Å². The molecule has 108 valence electrons. The van der Waals surface area contributed by atoms with Gasteiger partial charge in [0.25, 0.3) is 0 Å². The van der Waals surface area contributed by atoms with E-state index in [0.717, 1.165) is 7.11 Å². The highest BCUT2D eigenvalue weighted by atomic mass is 16.5. The number of likely N-dealkylation sites (N-methyl/N-ethyl adjacent to an activating group) is 1. The molecular weight excluding hydrogens is 256 g/mol. The maximum Gasteiger partial charge on any atom is 0.413 e. The molecule has 1 fully saturated rings. The lowest BCUT2D eigenvalue weighted by atomic mass is 10.0. The van der Waals surface area contributed by atoms with Crippen molar-refractivity contribution in [2.75, 3.05) is 33.4 Å². The Kier molecular flexibility index (Phi) is 5.71. The molecule has 2 atom stereocenters. The van der Waals surface area contributed by atoms with E-state index in [2.05, 4.69) is 4.74 Å². The van der Waals surface area contributed by atoms with E-state index in [1.54, 1.807) is 4.90 Å². The van der Waals surface area contributed by atoms with Gasteiger partial charge in [0, 0.05) is 6.04 Å². The summed E-state index contributed by atoms with van der Waals surface area (Å²) in [6.45, 7) is 2.60. The molecule has 1 aliphatic heterocycles. The number of carboxylic acids is 1. The largest absolute Gasteiger partial charge is 0.481 e. The average Bonchev–Trinajstić information content (AvgIpc) is 2.84. The zero-order valence-electron chi connectivity index (χ0n) is 10.9. The fraction of sp³-hybridized carbons (Fsp3) is 0.727. The van der Waals surface area contributed by atoms with Crippen molar-refractivity contribution < 1.29 is 29.0 Å².